The third-order valence-electron chi connectivity index (χ3n) is 2.86. The minimum atomic E-state index is 0.211. The molecule has 0 aliphatic heterocycles. The second-order valence-electron chi connectivity index (χ2n) is 4.68. The van der Waals surface area contributed by atoms with Gasteiger partial charge in [-0.25, -0.2) is 0 Å². The maximum atomic E-state index is 11.2. The van der Waals surface area contributed by atoms with Crippen molar-refractivity contribution in [2.75, 3.05) is 0 Å². The first-order valence-electron chi connectivity index (χ1n) is 4.53. The molecule has 0 bridgehead atoms. The van der Waals surface area contributed by atoms with Crippen LogP contribution in [-0.2, 0) is 4.79 Å². The predicted octanol–water partition coefficient (Wildman–Crippen LogP) is 2.81. The Morgan fingerprint density at radius 1 is 1.25 bits per heavy atom. The number of hydrogen-bond acceptors (Lipinski definition) is 1. The first kappa shape index (κ1) is 9.50. The molecule has 0 unspecified atom stereocenters. The summed E-state index contributed by atoms with van der Waals surface area (Å²) in [5, 5.41) is 0. The molecule has 0 spiro atoms. The van der Waals surface area contributed by atoms with E-state index in [1.165, 1.54) is 5.57 Å². The van der Waals surface area contributed by atoms with E-state index in [9.17, 15) is 4.79 Å². The van der Waals surface area contributed by atoms with E-state index in [0.29, 0.717) is 11.7 Å². The maximum Gasteiger partial charge on any atom is 0.134 e. The van der Waals surface area contributed by atoms with Gasteiger partial charge in [-0.05, 0) is 32.1 Å². The fraction of sp³-hybridized carbons (Fsp3) is 0.727. The van der Waals surface area contributed by atoms with Gasteiger partial charge in [0.1, 0.15) is 5.78 Å². The van der Waals surface area contributed by atoms with Gasteiger partial charge in [0, 0.05) is 5.92 Å². The summed E-state index contributed by atoms with van der Waals surface area (Å²) in [7, 11) is 0. The molecular formula is C11H18O. The van der Waals surface area contributed by atoms with E-state index < -0.39 is 0 Å². The van der Waals surface area contributed by atoms with Gasteiger partial charge in [-0.2, -0.15) is 0 Å². The molecule has 0 aromatic rings. The summed E-state index contributed by atoms with van der Waals surface area (Å²) in [6, 6.07) is 0. The maximum absolute atomic E-state index is 11.2. The van der Waals surface area contributed by atoms with Crippen molar-refractivity contribution in [3.8, 4) is 0 Å². The highest BCUT2D eigenvalue weighted by Crippen LogP contribution is 2.59. The monoisotopic (exact) mass is 166 g/mol. The van der Waals surface area contributed by atoms with Gasteiger partial charge in [-0.1, -0.05) is 25.5 Å². The Morgan fingerprint density at radius 2 is 1.75 bits per heavy atom. The molecule has 2 atom stereocenters. The summed E-state index contributed by atoms with van der Waals surface area (Å²) in [5.74, 6) is 1.09. The standard InChI is InChI=1S/C11H18O/c1-7(2)6-9-10(8(3)12)11(9,4)5/h6,9-10H,1-5H3/t9-,10-/m0/s1. The minimum Gasteiger partial charge on any atom is -0.300 e. The van der Waals surface area contributed by atoms with Crippen LogP contribution in [0.4, 0.5) is 0 Å². The first-order valence-corrected chi connectivity index (χ1v) is 4.53. The highest BCUT2D eigenvalue weighted by atomic mass is 16.1. The number of rotatable bonds is 2. The lowest BCUT2D eigenvalue weighted by molar-refractivity contribution is -0.118. The van der Waals surface area contributed by atoms with Crippen molar-refractivity contribution < 1.29 is 4.79 Å². The molecule has 12 heavy (non-hydrogen) atoms. The van der Waals surface area contributed by atoms with Crippen molar-refractivity contribution >= 4 is 5.78 Å². The molecule has 1 saturated carbocycles. The van der Waals surface area contributed by atoms with Crippen LogP contribution in [0.2, 0.25) is 0 Å². The average molecular weight is 166 g/mol. The molecule has 0 radical (unpaired) electrons. The van der Waals surface area contributed by atoms with Gasteiger partial charge in [0.15, 0.2) is 0 Å². The average Bonchev–Trinajstić information content (AvgIpc) is 2.32. The van der Waals surface area contributed by atoms with Gasteiger partial charge in [-0.15, -0.1) is 0 Å². The second kappa shape index (κ2) is 2.72. The first-order chi connectivity index (χ1) is 5.37. The van der Waals surface area contributed by atoms with Crippen molar-refractivity contribution in [2.24, 2.45) is 17.3 Å². The smallest absolute Gasteiger partial charge is 0.134 e. The zero-order valence-electron chi connectivity index (χ0n) is 8.64. The van der Waals surface area contributed by atoms with Crippen LogP contribution in [0.5, 0.6) is 0 Å². The summed E-state index contributed by atoms with van der Waals surface area (Å²) in [6.07, 6.45) is 2.23. The zero-order chi connectivity index (χ0) is 9.52. The summed E-state index contributed by atoms with van der Waals surface area (Å²) >= 11 is 0. The Morgan fingerprint density at radius 3 is 2.00 bits per heavy atom. The molecule has 0 amide bonds. The fourth-order valence-corrected chi connectivity index (χ4v) is 2.12. The molecule has 1 nitrogen and oxygen atoms in total. The van der Waals surface area contributed by atoms with Crippen molar-refractivity contribution in [1.82, 2.24) is 0 Å². The van der Waals surface area contributed by atoms with Crippen molar-refractivity contribution in [3.63, 3.8) is 0 Å². The van der Waals surface area contributed by atoms with Crippen LogP contribution < -0.4 is 0 Å². The van der Waals surface area contributed by atoms with Gasteiger partial charge in [-0.3, -0.25) is 4.79 Å². The van der Waals surface area contributed by atoms with Crippen LogP contribution in [-0.4, -0.2) is 5.78 Å². The second-order valence-corrected chi connectivity index (χ2v) is 4.68. The lowest BCUT2D eigenvalue weighted by Gasteiger charge is -1.97. The van der Waals surface area contributed by atoms with Crippen LogP contribution in [0.1, 0.15) is 34.6 Å². The van der Waals surface area contributed by atoms with Gasteiger partial charge >= 0.3 is 0 Å². The van der Waals surface area contributed by atoms with Gasteiger partial charge in [0.2, 0.25) is 0 Å². The van der Waals surface area contributed by atoms with E-state index >= 15 is 0 Å². The highest BCUT2D eigenvalue weighted by Gasteiger charge is 2.58. The van der Waals surface area contributed by atoms with Gasteiger partial charge < -0.3 is 0 Å². The topological polar surface area (TPSA) is 17.1 Å². The summed E-state index contributed by atoms with van der Waals surface area (Å²) < 4.78 is 0. The molecule has 0 saturated heterocycles. The Kier molecular flexibility index (Phi) is 2.15. The van der Waals surface area contributed by atoms with Gasteiger partial charge in [0.25, 0.3) is 0 Å². The summed E-state index contributed by atoms with van der Waals surface area (Å²) in [4.78, 5) is 11.2. The molecule has 0 aromatic heterocycles. The minimum absolute atomic E-state index is 0.211. The zero-order valence-corrected chi connectivity index (χ0v) is 8.64. The molecule has 0 N–H and O–H groups in total. The lowest BCUT2D eigenvalue weighted by Crippen LogP contribution is -1.99. The molecule has 0 heterocycles. The largest absolute Gasteiger partial charge is 0.300 e. The van der Waals surface area contributed by atoms with E-state index in [4.69, 9.17) is 0 Å². The molecule has 1 rings (SSSR count). The Balaban J connectivity index is 2.73. The van der Waals surface area contributed by atoms with E-state index in [1.54, 1.807) is 6.92 Å². The van der Waals surface area contributed by atoms with E-state index in [1.807, 2.05) is 0 Å². The highest BCUT2D eigenvalue weighted by molar-refractivity contribution is 5.83. The molecule has 68 valence electrons. The summed E-state index contributed by atoms with van der Waals surface area (Å²) in [6.45, 7) is 10.2. The third kappa shape index (κ3) is 1.45. The van der Waals surface area contributed by atoms with Gasteiger partial charge in [0.05, 0.1) is 0 Å². The number of allylic oxidation sites excluding steroid dienone is 2. The number of hydrogen-bond donors (Lipinski definition) is 0. The molecule has 1 aliphatic rings. The quantitative estimate of drug-likeness (QED) is 0.576. The lowest BCUT2D eigenvalue weighted by atomic mass is 10.1. The number of ketones is 1. The Labute approximate surface area is 74.9 Å². The Hall–Kier alpha value is -0.590. The van der Waals surface area contributed by atoms with E-state index in [0.717, 1.165) is 0 Å². The predicted molar refractivity (Wildman–Crippen MR) is 50.9 cm³/mol. The number of carbonyl (C=O) groups is 1. The third-order valence-corrected chi connectivity index (χ3v) is 2.86. The Bertz CT molecular complexity index is 231. The molecule has 0 aromatic carbocycles. The van der Waals surface area contributed by atoms with Crippen LogP contribution >= 0.6 is 0 Å². The normalized spacial score (nSPS) is 31.1. The van der Waals surface area contributed by atoms with E-state index in [2.05, 4.69) is 33.8 Å². The van der Waals surface area contributed by atoms with Crippen LogP contribution in [0.25, 0.3) is 0 Å². The molecule has 1 aliphatic carbocycles. The molecular weight excluding hydrogens is 148 g/mol. The SMILES string of the molecule is CC(=O)[C@H]1[C@H](C=C(C)C)C1(C)C. The van der Waals surface area contributed by atoms with Crippen molar-refractivity contribution in [2.45, 2.75) is 34.6 Å². The van der Waals surface area contributed by atoms with E-state index in [-0.39, 0.29) is 11.3 Å². The van der Waals surface area contributed by atoms with Crippen LogP contribution in [0.15, 0.2) is 11.6 Å². The van der Waals surface area contributed by atoms with Crippen molar-refractivity contribution in [3.05, 3.63) is 11.6 Å². The number of carbonyl (C=O) groups excluding carboxylic acids is 1. The summed E-state index contributed by atoms with van der Waals surface area (Å²) in [5.41, 5.74) is 1.53. The van der Waals surface area contributed by atoms with Crippen LogP contribution in [0, 0.1) is 17.3 Å². The number of Topliss-reactive ketones (excluding diaryl/α,β-unsaturated/α-hetero) is 1. The van der Waals surface area contributed by atoms with Crippen LogP contribution in [0.3, 0.4) is 0 Å². The fourth-order valence-electron chi connectivity index (χ4n) is 2.12. The molecule has 1 fully saturated rings. The van der Waals surface area contributed by atoms with Crippen molar-refractivity contribution in [1.29, 1.82) is 0 Å². The molecule has 1 heteroatoms.